The molecule has 2 rings (SSSR count). The quantitative estimate of drug-likeness (QED) is 0.666. The number of halogens is 2. The molecule has 0 aliphatic carbocycles. The van der Waals surface area contributed by atoms with E-state index in [1.54, 1.807) is 12.1 Å². The van der Waals surface area contributed by atoms with E-state index in [0.29, 0.717) is 5.39 Å². The molecule has 4 heteroatoms. The Hall–Kier alpha value is -0.514. The van der Waals surface area contributed by atoms with Crippen LogP contribution in [-0.4, -0.2) is 4.98 Å². The molecule has 0 bridgehead atoms. The molecule has 0 aliphatic heterocycles. The minimum atomic E-state index is -0.396. The first-order chi connectivity index (χ1) is 5.29. The van der Waals surface area contributed by atoms with Crippen molar-refractivity contribution >= 4 is 22.5 Å². The predicted molar refractivity (Wildman–Crippen MR) is 42.1 cm³/mol. The molecule has 0 saturated carbocycles. The van der Waals surface area contributed by atoms with Crippen LogP contribution in [-0.2, 0) is 16.8 Å². The third-order valence-electron chi connectivity index (χ3n) is 1.56. The van der Waals surface area contributed by atoms with Crippen LogP contribution in [0.5, 0.6) is 0 Å². The Morgan fingerprint density at radius 2 is 2.17 bits per heavy atom. The molecule has 1 nitrogen and oxygen atoms in total. The summed E-state index contributed by atoms with van der Waals surface area (Å²) in [6.07, 6.45) is 2.73. The van der Waals surface area contributed by atoms with Crippen LogP contribution < -0.4 is 0 Å². The van der Waals surface area contributed by atoms with Gasteiger partial charge in [0, 0.05) is 21.8 Å². The van der Waals surface area contributed by atoms with Crippen LogP contribution in [0.15, 0.2) is 18.2 Å². The Morgan fingerprint density at radius 1 is 1.42 bits per heavy atom. The Labute approximate surface area is 84.1 Å². The molecule has 1 radical (unpaired) electrons. The molecule has 65 valence electrons. The van der Waals surface area contributed by atoms with Crippen molar-refractivity contribution in [2.45, 2.75) is 0 Å². The van der Waals surface area contributed by atoms with E-state index in [0.717, 1.165) is 5.52 Å². The Balaban J connectivity index is 0.000000720. The Kier molecular flexibility index (Phi) is 2.77. The summed E-state index contributed by atoms with van der Waals surface area (Å²) >= 11 is 5.65. The normalized spacial score (nSPS) is 9.83. The van der Waals surface area contributed by atoms with Crippen LogP contribution in [0.2, 0.25) is 5.02 Å². The van der Waals surface area contributed by atoms with Gasteiger partial charge in [0.1, 0.15) is 5.82 Å². The van der Waals surface area contributed by atoms with Crippen molar-refractivity contribution in [2.24, 2.45) is 0 Å². The van der Waals surface area contributed by atoms with Crippen molar-refractivity contribution in [3.05, 3.63) is 35.2 Å². The zero-order valence-electron chi connectivity index (χ0n) is 5.82. The van der Waals surface area contributed by atoms with E-state index in [1.165, 1.54) is 6.07 Å². The molecule has 0 saturated heterocycles. The van der Waals surface area contributed by atoms with Crippen LogP contribution in [0.25, 0.3) is 10.9 Å². The number of aromatic amines is 1. The van der Waals surface area contributed by atoms with E-state index in [-0.39, 0.29) is 21.8 Å². The van der Waals surface area contributed by atoms with Gasteiger partial charge < -0.3 is 4.98 Å². The fraction of sp³-hybridized carbons (Fsp3) is 0. The topological polar surface area (TPSA) is 15.8 Å². The summed E-state index contributed by atoms with van der Waals surface area (Å²) in [5.74, 6) is -0.396. The average molecular weight is 228 g/mol. The standard InChI is InChI=1S/C8H4ClFN.Co/c9-8-5-3-4-11-7(5)2-1-6(8)10;/h1-3,11H;/q-1;. The summed E-state index contributed by atoms with van der Waals surface area (Å²) in [4.78, 5) is 2.81. The number of hydrogen-bond donors (Lipinski definition) is 1. The van der Waals surface area contributed by atoms with Gasteiger partial charge in [-0.3, -0.25) is 0 Å². The van der Waals surface area contributed by atoms with Crippen LogP contribution in [0, 0.1) is 12.0 Å². The van der Waals surface area contributed by atoms with Gasteiger partial charge in [0.2, 0.25) is 0 Å². The Morgan fingerprint density at radius 3 is 2.92 bits per heavy atom. The Bertz CT molecular complexity index is 399. The third kappa shape index (κ3) is 1.35. The summed E-state index contributed by atoms with van der Waals surface area (Å²) < 4.78 is 12.8. The smallest absolute Gasteiger partial charge is 0.128 e. The summed E-state index contributed by atoms with van der Waals surface area (Å²) in [6.45, 7) is 0. The third-order valence-corrected chi connectivity index (χ3v) is 1.94. The largest absolute Gasteiger partial charge is 0.477 e. The van der Waals surface area contributed by atoms with Crippen LogP contribution >= 0.6 is 11.6 Å². The van der Waals surface area contributed by atoms with Gasteiger partial charge in [0.25, 0.3) is 0 Å². The fourth-order valence-electron chi connectivity index (χ4n) is 1.00. The van der Waals surface area contributed by atoms with Gasteiger partial charge in [-0.05, 0) is 6.07 Å². The van der Waals surface area contributed by atoms with Crippen LogP contribution in [0.1, 0.15) is 0 Å². The van der Waals surface area contributed by atoms with Crippen molar-refractivity contribution in [1.82, 2.24) is 4.98 Å². The second-order valence-electron chi connectivity index (χ2n) is 2.24. The number of nitrogens with one attached hydrogen (secondary N) is 1. The van der Waals surface area contributed by atoms with E-state index in [1.807, 2.05) is 0 Å². The zero-order chi connectivity index (χ0) is 7.84. The molecule has 2 aromatic rings. The van der Waals surface area contributed by atoms with Gasteiger partial charge in [0.15, 0.2) is 0 Å². The first-order valence-electron chi connectivity index (χ1n) is 3.12. The average Bonchev–Trinajstić information content (AvgIpc) is 2.45. The van der Waals surface area contributed by atoms with Crippen LogP contribution in [0.3, 0.4) is 0 Å². The van der Waals surface area contributed by atoms with Crippen molar-refractivity contribution < 1.29 is 21.2 Å². The van der Waals surface area contributed by atoms with E-state index in [4.69, 9.17) is 11.6 Å². The maximum absolute atomic E-state index is 12.8. The van der Waals surface area contributed by atoms with Gasteiger partial charge in [-0.2, -0.15) is 6.07 Å². The SMILES string of the molecule is Fc1ccc2[nH][c-]cc2c1Cl.[Co]. The first-order valence-corrected chi connectivity index (χ1v) is 3.49. The van der Waals surface area contributed by atoms with E-state index in [2.05, 4.69) is 11.2 Å². The first kappa shape index (κ1) is 9.57. The summed E-state index contributed by atoms with van der Waals surface area (Å²) in [5.41, 5.74) is 0.802. The molecule has 0 spiro atoms. The number of aromatic nitrogens is 1. The summed E-state index contributed by atoms with van der Waals surface area (Å²) in [6, 6.07) is 4.59. The minimum Gasteiger partial charge on any atom is -0.477 e. The maximum atomic E-state index is 12.8. The number of fused-ring (bicyclic) bond motifs is 1. The molecular weight excluding hydrogens is 223 g/mol. The van der Waals surface area contributed by atoms with E-state index in [9.17, 15) is 4.39 Å². The second-order valence-corrected chi connectivity index (χ2v) is 2.61. The molecule has 1 heterocycles. The molecule has 1 aromatic carbocycles. The van der Waals surface area contributed by atoms with Gasteiger partial charge in [0.05, 0.1) is 0 Å². The molecule has 1 aromatic heterocycles. The second kappa shape index (κ2) is 3.47. The van der Waals surface area contributed by atoms with Gasteiger partial charge >= 0.3 is 0 Å². The summed E-state index contributed by atoms with van der Waals surface area (Å²) in [7, 11) is 0. The molecule has 0 atom stereocenters. The molecule has 0 unspecified atom stereocenters. The van der Waals surface area contributed by atoms with E-state index < -0.39 is 5.82 Å². The number of hydrogen-bond acceptors (Lipinski definition) is 0. The fourth-order valence-corrected chi connectivity index (χ4v) is 1.22. The van der Waals surface area contributed by atoms with E-state index >= 15 is 0 Å². The van der Waals surface area contributed by atoms with Gasteiger partial charge in [-0.1, -0.05) is 11.6 Å². The maximum Gasteiger partial charge on any atom is 0.128 e. The molecular formula is C8H4ClCoFN-. The van der Waals surface area contributed by atoms with Gasteiger partial charge in [-0.25, -0.2) is 4.39 Å². The van der Waals surface area contributed by atoms with Crippen molar-refractivity contribution in [2.75, 3.05) is 0 Å². The monoisotopic (exact) mass is 227 g/mol. The van der Waals surface area contributed by atoms with Crippen molar-refractivity contribution in [3.8, 4) is 0 Å². The molecule has 0 amide bonds. The predicted octanol–water partition coefficient (Wildman–Crippen LogP) is 2.76. The molecule has 12 heavy (non-hydrogen) atoms. The number of H-pyrrole nitrogens is 1. The number of benzene rings is 1. The van der Waals surface area contributed by atoms with Gasteiger partial charge in [-0.15, -0.1) is 23.2 Å². The molecule has 0 fully saturated rings. The van der Waals surface area contributed by atoms with Crippen molar-refractivity contribution in [1.29, 1.82) is 0 Å². The zero-order valence-corrected chi connectivity index (χ0v) is 7.62. The molecule has 1 N–H and O–H groups in total. The van der Waals surface area contributed by atoms with Crippen LogP contribution in [0.4, 0.5) is 4.39 Å². The number of rotatable bonds is 0. The minimum absolute atomic E-state index is 0. The summed E-state index contributed by atoms with van der Waals surface area (Å²) in [5, 5.41) is 0.826. The van der Waals surface area contributed by atoms with Crippen molar-refractivity contribution in [3.63, 3.8) is 0 Å². The molecule has 0 aliphatic rings.